The number of amides is 1. The summed E-state index contributed by atoms with van der Waals surface area (Å²) in [6.07, 6.45) is 5.51. The lowest BCUT2D eigenvalue weighted by Crippen LogP contribution is -2.39. The Labute approximate surface area is 140 Å². The van der Waals surface area contributed by atoms with Gasteiger partial charge in [0.15, 0.2) is 0 Å². The molecular formula is C16H19N7O. The van der Waals surface area contributed by atoms with Crippen molar-refractivity contribution in [3.63, 3.8) is 0 Å². The van der Waals surface area contributed by atoms with Gasteiger partial charge in [-0.3, -0.25) is 4.79 Å². The molecule has 0 saturated carbocycles. The monoisotopic (exact) mass is 325 g/mol. The van der Waals surface area contributed by atoms with E-state index in [0.717, 1.165) is 13.0 Å². The van der Waals surface area contributed by atoms with Crippen molar-refractivity contribution in [3.05, 3.63) is 36.5 Å². The largest absolute Gasteiger partial charge is 0.354 e. The first kappa shape index (κ1) is 15.9. The molecule has 3 rings (SSSR count). The minimum Gasteiger partial charge on any atom is -0.354 e. The van der Waals surface area contributed by atoms with Crippen LogP contribution in [0.3, 0.4) is 0 Å². The van der Waals surface area contributed by atoms with Crippen LogP contribution < -0.4 is 4.90 Å². The Hall–Kier alpha value is -2.95. The van der Waals surface area contributed by atoms with E-state index in [1.165, 1.54) is 6.33 Å². The summed E-state index contributed by atoms with van der Waals surface area (Å²) in [6.45, 7) is 4.53. The third-order valence-electron chi connectivity index (χ3n) is 4.21. The molecule has 8 heteroatoms. The zero-order valence-electron chi connectivity index (χ0n) is 13.5. The Morgan fingerprint density at radius 3 is 2.96 bits per heavy atom. The van der Waals surface area contributed by atoms with Crippen LogP contribution >= 0.6 is 0 Å². The molecule has 0 aliphatic carbocycles. The molecule has 0 N–H and O–H groups in total. The van der Waals surface area contributed by atoms with Gasteiger partial charge in [0.2, 0.25) is 5.91 Å². The Kier molecular flexibility index (Phi) is 4.70. The van der Waals surface area contributed by atoms with Gasteiger partial charge in [0.1, 0.15) is 30.6 Å². The van der Waals surface area contributed by atoms with Crippen LogP contribution in [-0.2, 0) is 4.79 Å². The van der Waals surface area contributed by atoms with Gasteiger partial charge in [-0.1, -0.05) is 0 Å². The molecular weight excluding hydrogens is 306 g/mol. The summed E-state index contributed by atoms with van der Waals surface area (Å²) in [5, 5.41) is 13.3. The van der Waals surface area contributed by atoms with Crippen LogP contribution in [0.25, 0.3) is 0 Å². The van der Waals surface area contributed by atoms with Gasteiger partial charge >= 0.3 is 0 Å². The molecule has 1 fully saturated rings. The molecule has 124 valence electrons. The van der Waals surface area contributed by atoms with Crippen molar-refractivity contribution in [2.45, 2.75) is 19.4 Å². The predicted molar refractivity (Wildman–Crippen MR) is 87.1 cm³/mol. The number of nitriles is 1. The highest BCUT2D eigenvalue weighted by Crippen LogP contribution is 2.19. The number of rotatable bonds is 3. The van der Waals surface area contributed by atoms with Gasteiger partial charge in [0, 0.05) is 32.4 Å². The number of aromatic nitrogens is 4. The maximum atomic E-state index is 12.7. The van der Waals surface area contributed by atoms with Crippen molar-refractivity contribution in [2.75, 3.05) is 31.1 Å². The average Bonchev–Trinajstić information content (AvgIpc) is 3.05. The van der Waals surface area contributed by atoms with Crippen LogP contribution in [0, 0.1) is 11.3 Å². The van der Waals surface area contributed by atoms with Gasteiger partial charge in [-0.25, -0.2) is 14.6 Å². The van der Waals surface area contributed by atoms with Crippen molar-refractivity contribution in [1.82, 2.24) is 24.6 Å². The zero-order chi connectivity index (χ0) is 16.9. The standard InChI is InChI=1S/C16H19N7O/c1-13(23-12-18-11-20-23)16(24)22-7-3-6-21(8-9-22)15-14(10-17)4-2-5-19-15/h2,4-5,11-13H,3,6-9H2,1H3/t13-/m1/s1. The van der Waals surface area contributed by atoms with E-state index in [9.17, 15) is 10.1 Å². The van der Waals surface area contributed by atoms with E-state index in [4.69, 9.17) is 0 Å². The molecule has 0 spiro atoms. The van der Waals surface area contributed by atoms with E-state index >= 15 is 0 Å². The first-order chi connectivity index (χ1) is 11.7. The van der Waals surface area contributed by atoms with Crippen LogP contribution in [0.15, 0.2) is 31.0 Å². The Morgan fingerprint density at radius 2 is 2.21 bits per heavy atom. The molecule has 1 aliphatic rings. The van der Waals surface area contributed by atoms with E-state index in [0.29, 0.717) is 31.0 Å². The topological polar surface area (TPSA) is 90.9 Å². The second kappa shape index (κ2) is 7.08. The molecule has 2 aromatic rings. The maximum Gasteiger partial charge on any atom is 0.247 e. The van der Waals surface area contributed by atoms with Crippen molar-refractivity contribution in [2.24, 2.45) is 0 Å². The quantitative estimate of drug-likeness (QED) is 0.831. The fraction of sp³-hybridized carbons (Fsp3) is 0.438. The fourth-order valence-corrected chi connectivity index (χ4v) is 2.88. The summed E-state index contributed by atoms with van der Waals surface area (Å²) in [5.74, 6) is 0.725. The summed E-state index contributed by atoms with van der Waals surface area (Å²) in [6, 6.07) is 5.34. The van der Waals surface area contributed by atoms with Gasteiger partial charge in [-0.05, 0) is 25.5 Å². The molecule has 1 saturated heterocycles. The smallest absolute Gasteiger partial charge is 0.247 e. The lowest BCUT2D eigenvalue weighted by Gasteiger charge is -2.25. The maximum absolute atomic E-state index is 12.7. The third kappa shape index (κ3) is 3.20. The highest BCUT2D eigenvalue weighted by atomic mass is 16.2. The normalized spacial score (nSPS) is 16.3. The molecule has 0 aromatic carbocycles. The number of hydrogen-bond donors (Lipinski definition) is 0. The van der Waals surface area contributed by atoms with Gasteiger partial charge in [0.25, 0.3) is 0 Å². The number of hydrogen-bond acceptors (Lipinski definition) is 6. The Bertz CT molecular complexity index is 737. The number of nitrogens with zero attached hydrogens (tertiary/aromatic N) is 7. The van der Waals surface area contributed by atoms with Crippen LogP contribution in [-0.4, -0.2) is 56.7 Å². The second-order valence-corrected chi connectivity index (χ2v) is 5.70. The SMILES string of the molecule is C[C@H](C(=O)N1CCCN(c2ncccc2C#N)CC1)n1cncn1. The number of anilines is 1. The van der Waals surface area contributed by atoms with Crippen LogP contribution in [0.2, 0.25) is 0 Å². The average molecular weight is 325 g/mol. The number of pyridine rings is 1. The van der Waals surface area contributed by atoms with E-state index < -0.39 is 0 Å². The summed E-state index contributed by atoms with van der Waals surface area (Å²) < 4.78 is 1.57. The minimum absolute atomic E-state index is 0.0314. The summed E-state index contributed by atoms with van der Waals surface area (Å²) >= 11 is 0. The van der Waals surface area contributed by atoms with E-state index in [1.54, 1.807) is 29.3 Å². The molecule has 1 atom stereocenters. The molecule has 0 unspecified atom stereocenters. The summed E-state index contributed by atoms with van der Waals surface area (Å²) in [5.41, 5.74) is 0.563. The number of carbonyl (C=O) groups is 1. The Morgan fingerprint density at radius 1 is 1.33 bits per heavy atom. The van der Waals surface area contributed by atoms with Crippen molar-refractivity contribution < 1.29 is 4.79 Å². The molecule has 2 aromatic heterocycles. The molecule has 0 radical (unpaired) electrons. The molecule has 1 aliphatic heterocycles. The Balaban J connectivity index is 1.69. The van der Waals surface area contributed by atoms with E-state index in [2.05, 4.69) is 26.0 Å². The zero-order valence-corrected chi connectivity index (χ0v) is 13.5. The highest BCUT2D eigenvalue weighted by molar-refractivity contribution is 5.80. The van der Waals surface area contributed by atoms with Crippen molar-refractivity contribution in [3.8, 4) is 6.07 Å². The molecule has 0 bridgehead atoms. The lowest BCUT2D eigenvalue weighted by molar-refractivity contribution is -0.134. The first-order valence-electron chi connectivity index (χ1n) is 7.93. The minimum atomic E-state index is -0.372. The molecule has 8 nitrogen and oxygen atoms in total. The van der Waals surface area contributed by atoms with Gasteiger partial charge < -0.3 is 9.80 Å². The van der Waals surface area contributed by atoms with Crippen LogP contribution in [0.1, 0.15) is 24.9 Å². The van der Waals surface area contributed by atoms with Crippen molar-refractivity contribution >= 4 is 11.7 Å². The lowest BCUT2D eigenvalue weighted by atomic mass is 10.2. The van der Waals surface area contributed by atoms with Crippen LogP contribution in [0.4, 0.5) is 5.82 Å². The molecule has 3 heterocycles. The molecule has 1 amide bonds. The van der Waals surface area contributed by atoms with Gasteiger partial charge in [0.05, 0.1) is 5.56 Å². The highest BCUT2D eigenvalue weighted by Gasteiger charge is 2.25. The predicted octanol–water partition coefficient (Wildman–Crippen LogP) is 0.845. The van der Waals surface area contributed by atoms with Crippen molar-refractivity contribution in [1.29, 1.82) is 5.26 Å². The first-order valence-corrected chi connectivity index (χ1v) is 7.93. The number of carbonyl (C=O) groups excluding carboxylic acids is 1. The van der Waals surface area contributed by atoms with Gasteiger partial charge in [-0.2, -0.15) is 10.4 Å². The second-order valence-electron chi connectivity index (χ2n) is 5.70. The van der Waals surface area contributed by atoms with Gasteiger partial charge in [-0.15, -0.1) is 0 Å². The molecule has 24 heavy (non-hydrogen) atoms. The van der Waals surface area contributed by atoms with Crippen LogP contribution in [0.5, 0.6) is 0 Å². The third-order valence-corrected chi connectivity index (χ3v) is 4.21. The summed E-state index contributed by atoms with van der Waals surface area (Å²) in [7, 11) is 0. The van der Waals surface area contributed by atoms with E-state index in [-0.39, 0.29) is 11.9 Å². The van der Waals surface area contributed by atoms with E-state index in [1.807, 2.05) is 11.8 Å². The summed E-state index contributed by atoms with van der Waals surface area (Å²) in [4.78, 5) is 24.8. The fourth-order valence-electron chi connectivity index (χ4n) is 2.88.